The Hall–Kier alpha value is -2.08. The van der Waals surface area contributed by atoms with Crippen LogP contribution in [0, 0.1) is 5.82 Å². The molecule has 0 radical (unpaired) electrons. The summed E-state index contributed by atoms with van der Waals surface area (Å²) in [6.07, 6.45) is 1.54. The molecule has 0 amide bonds. The fourth-order valence-electron chi connectivity index (χ4n) is 2.59. The highest BCUT2D eigenvalue weighted by Crippen LogP contribution is 2.32. The Kier molecular flexibility index (Phi) is 3.33. The van der Waals surface area contributed by atoms with Crippen molar-refractivity contribution in [3.8, 4) is 0 Å². The zero-order chi connectivity index (χ0) is 15.0. The van der Waals surface area contributed by atoms with Gasteiger partial charge in [-0.3, -0.25) is 4.31 Å². The summed E-state index contributed by atoms with van der Waals surface area (Å²) in [7, 11) is -3.92. The van der Waals surface area contributed by atoms with Gasteiger partial charge in [-0.25, -0.2) is 12.8 Å². The third-order valence-electron chi connectivity index (χ3n) is 3.59. The summed E-state index contributed by atoms with van der Waals surface area (Å²) in [6.45, 7) is 0.350. The first kappa shape index (κ1) is 13.9. The van der Waals surface area contributed by atoms with Gasteiger partial charge in [0.15, 0.2) is 0 Å². The lowest BCUT2D eigenvalue weighted by molar-refractivity contribution is 0.561. The molecule has 0 aliphatic carbocycles. The average molecular weight is 306 g/mol. The first-order valence-electron chi connectivity index (χ1n) is 6.66. The number of halogens is 1. The molecule has 1 aliphatic rings. The second-order valence-electron chi connectivity index (χ2n) is 5.00. The van der Waals surface area contributed by atoms with Crippen molar-refractivity contribution in [2.45, 2.75) is 17.7 Å². The third-order valence-corrected chi connectivity index (χ3v) is 5.44. The van der Waals surface area contributed by atoms with E-state index in [9.17, 15) is 12.8 Å². The van der Waals surface area contributed by atoms with Crippen LogP contribution in [0.15, 0.2) is 47.4 Å². The molecule has 1 heterocycles. The van der Waals surface area contributed by atoms with E-state index in [-0.39, 0.29) is 10.6 Å². The maximum atomic E-state index is 14.0. The lowest BCUT2D eigenvalue weighted by Gasteiger charge is -2.30. The van der Waals surface area contributed by atoms with Crippen LogP contribution in [0.5, 0.6) is 0 Å². The first-order valence-corrected chi connectivity index (χ1v) is 8.10. The zero-order valence-electron chi connectivity index (χ0n) is 11.3. The number of hydrogen-bond acceptors (Lipinski definition) is 3. The summed E-state index contributed by atoms with van der Waals surface area (Å²) in [5.74, 6) is -0.821. The van der Waals surface area contributed by atoms with E-state index in [4.69, 9.17) is 5.73 Å². The van der Waals surface area contributed by atoms with Crippen LogP contribution in [-0.2, 0) is 16.4 Å². The summed E-state index contributed by atoms with van der Waals surface area (Å²) in [5, 5.41) is 0. The molecule has 110 valence electrons. The summed E-state index contributed by atoms with van der Waals surface area (Å²) < 4.78 is 40.7. The van der Waals surface area contributed by atoms with Crippen molar-refractivity contribution >= 4 is 21.4 Å². The maximum Gasteiger partial charge on any atom is 0.267 e. The molecule has 4 nitrogen and oxygen atoms in total. The van der Waals surface area contributed by atoms with Gasteiger partial charge in [0.2, 0.25) is 0 Å². The Balaban J connectivity index is 2.12. The number of aryl methyl sites for hydroxylation is 1. The minimum atomic E-state index is -3.92. The number of rotatable bonds is 2. The highest BCUT2D eigenvalue weighted by molar-refractivity contribution is 7.92. The number of nitrogens with zero attached hydrogens (tertiary/aromatic N) is 1. The molecule has 0 fully saturated rings. The molecule has 2 aromatic rings. The molecule has 0 bridgehead atoms. The Morgan fingerprint density at radius 2 is 1.90 bits per heavy atom. The number of benzene rings is 2. The van der Waals surface area contributed by atoms with Gasteiger partial charge in [0, 0.05) is 12.2 Å². The van der Waals surface area contributed by atoms with Crippen LogP contribution in [0.3, 0.4) is 0 Å². The summed E-state index contributed by atoms with van der Waals surface area (Å²) >= 11 is 0. The van der Waals surface area contributed by atoms with E-state index in [0.717, 1.165) is 18.1 Å². The van der Waals surface area contributed by atoms with Crippen LogP contribution in [0.2, 0.25) is 0 Å². The number of hydrogen-bond donors (Lipinski definition) is 1. The van der Waals surface area contributed by atoms with Crippen molar-refractivity contribution in [2.24, 2.45) is 0 Å². The molecule has 0 aromatic heterocycles. The molecule has 6 heteroatoms. The molecule has 0 spiro atoms. The van der Waals surface area contributed by atoms with Crippen molar-refractivity contribution in [3.05, 3.63) is 53.8 Å². The van der Waals surface area contributed by atoms with Crippen molar-refractivity contribution in [1.29, 1.82) is 0 Å². The molecule has 21 heavy (non-hydrogen) atoms. The van der Waals surface area contributed by atoms with Gasteiger partial charge in [-0.05, 0) is 42.7 Å². The SMILES string of the molecule is Nc1ccc(S(=O)(=O)N2CCCc3ccccc32)c(F)c1. The molecule has 1 aliphatic heterocycles. The summed E-state index contributed by atoms with van der Waals surface area (Å²) in [4.78, 5) is -0.339. The molecule has 2 N–H and O–H groups in total. The highest BCUT2D eigenvalue weighted by atomic mass is 32.2. The van der Waals surface area contributed by atoms with Gasteiger partial charge in [-0.1, -0.05) is 18.2 Å². The normalized spacial score (nSPS) is 14.8. The van der Waals surface area contributed by atoms with Gasteiger partial charge >= 0.3 is 0 Å². The summed E-state index contributed by atoms with van der Waals surface area (Å²) in [6, 6.07) is 11.0. The average Bonchev–Trinajstić information content (AvgIpc) is 2.46. The van der Waals surface area contributed by atoms with Gasteiger partial charge in [0.25, 0.3) is 10.0 Å². The lowest BCUT2D eigenvalue weighted by Crippen LogP contribution is -2.35. The number of anilines is 2. The number of nitrogens with two attached hydrogens (primary N) is 1. The maximum absolute atomic E-state index is 14.0. The van der Waals surface area contributed by atoms with Crippen LogP contribution in [0.25, 0.3) is 0 Å². The van der Waals surface area contributed by atoms with E-state index in [1.165, 1.54) is 16.4 Å². The molecular weight excluding hydrogens is 291 g/mol. The van der Waals surface area contributed by atoms with Crippen LogP contribution >= 0.6 is 0 Å². The Morgan fingerprint density at radius 1 is 1.14 bits per heavy atom. The van der Waals surface area contributed by atoms with E-state index in [2.05, 4.69) is 0 Å². The molecule has 2 aromatic carbocycles. The minimum Gasteiger partial charge on any atom is -0.399 e. The van der Waals surface area contributed by atoms with Crippen molar-refractivity contribution in [2.75, 3.05) is 16.6 Å². The molecule has 0 unspecified atom stereocenters. The van der Waals surface area contributed by atoms with Crippen LogP contribution in [0.4, 0.5) is 15.8 Å². The van der Waals surface area contributed by atoms with E-state index in [0.29, 0.717) is 18.7 Å². The molecular formula is C15H15FN2O2S. The van der Waals surface area contributed by atoms with Gasteiger partial charge in [0.05, 0.1) is 5.69 Å². The third kappa shape index (κ3) is 2.35. The number of sulfonamides is 1. The van der Waals surface area contributed by atoms with Crippen molar-refractivity contribution < 1.29 is 12.8 Å². The van der Waals surface area contributed by atoms with Crippen LogP contribution in [0.1, 0.15) is 12.0 Å². The second-order valence-corrected chi connectivity index (χ2v) is 6.83. The van der Waals surface area contributed by atoms with Gasteiger partial charge < -0.3 is 5.73 Å². The van der Waals surface area contributed by atoms with Crippen molar-refractivity contribution in [3.63, 3.8) is 0 Å². The zero-order valence-corrected chi connectivity index (χ0v) is 12.1. The topological polar surface area (TPSA) is 63.4 Å². The molecule has 0 atom stereocenters. The van der Waals surface area contributed by atoms with Crippen LogP contribution in [-0.4, -0.2) is 15.0 Å². The summed E-state index contributed by atoms with van der Waals surface area (Å²) in [5.41, 5.74) is 7.26. The largest absolute Gasteiger partial charge is 0.399 e. The van der Waals surface area contributed by atoms with Gasteiger partial charge in [-0.15, -0.1) is 0 Å². The van der Waals surface area contributed by atoms with Gasteiger partial charge in [0.1, 0.15) is 10.7 Å². The number of para-hydroxylation sites is 1. The fourth-order valence-corrected chi connectivity index (χ4v) is 4.18. The van der Waals surface area contributed by atoms with Crippen molar-refractivity contribution in [1.82, 2.24) is 0 Å². The Labute approximate surface area is 123 Å². The van der Waals surface area contributed by atoms with E-state index >= 15 is 0 Å². The quantitative estimate of drug-likeness (QED) is 0.867. The predicted molar refractivity (Wildman–Crippen MR) is 80.1 cm³/mol. The Morgan fingerprint density at radius 3 is 2.67 bits per heavy atom. The highest BCUT2D eigenvalue weighted by Gasteiger charge is 2.30. The molecule has 0 saturated carbocycles. The van der Waals surface area contributed by atoms with E-state index in [1.54, 1.807) is 12.1 Å². The minimum absolute atomic E-state index is 0.200. The Bertz CT molecular complexity index is 790. The lowest BCUT2D eigenvalue weighted by atomic mass is 10.0. The second kappa shape index (κ2) is 5.04. The van der Waals surface area contributed by atoms with Crippen LogP contribution < -0.4 is 10.0 Å². The molecule has 0 saturated heterocycles. The van der Waals surface area contributed by atoms with E-state index in [1.807, 2.05) is 12.1 Å². The fraction of sp³-hybridized carbons (Fsp3) is 0.200. The predicted octanol–water partition coefficient (Wildman–Crippen LogP) is 2.55. The number of nitrogen functional groups attached to an aromatic ring is 1. The standard InChI is InChI=1S/C15H15FN2O2S/c16-13-10-12(17)7-8-15(13)21(19,20)18-9-3-5-11-4-1-2-6-14(11)18/h1-2,4,6-8,10H,3,5,9,17H2. The van der Waals surface area contributed by atoms with Gasteiger partial charge in [-0.2, -0.15) is 0 Å². The smallest absolute Gasteiger partial charge is 0.267 e. The monoisotopic (exact) mass is 306 g/mol. The first-order chi connectivity index (χ1) is 10.00. The molecule has 3 rings (SSSR count). The van der Waals surface area contributed by atoms with E-state index < -0.39 is 15.8 Å². The number of fused-ring (bicyclic) bond motifs is 1.